The van der Waals surface area contributed by atoms with Gasteiger partial charge in [0.15, 0.2) is 11.4 Å². The van der Waals surface area contributed by atoms with Crippen molar-refractivity contribution >= 4 is 51.5 Å². The van der Waals surface area contributed by atoms with Crippen molar-refractivity contribution in [2.45, 2.75) is 0 Å². The number of carboxylic acids is 1. The average molecular weight is 293 g/mol. The Bertz CT molecular complexity index is 642. The van der Waals surface area contributed by atoms with Gasteiger partial charge in [0, 0.05) is 10.8 Å². The zero-order valence-electron chi connectivity index (χ0n) is 8.04. The van der Waals surface area contributed by atoms with Crippen LogP contribution in [0.1, 0.15) is 10.5 Å². The molecule has 0 fully saturated rings. The van der Waals surface area contributed by atoms with E-state index in [0.717, 1.165) is 0 Å². The molecule has 0 saturated heterocycles. The number of carbonyl (C=O) groups is 1. The van der Waals surface area contributed by atoms with E-state index in [4.69, 9.17) is 39.9 Å². The van der Waals surface area contributed by atoms with Crippen LogP contribution >= 0.6 is 34.8 Å². The quantitative estimate of drug-likeness (QED) is 0.788. The average Bonchev–Trinajstić information content (AvgIpc) is 2.25. The minimum atomic E-state index is -1.38. The van der Waals surface area contributed by atoms with Crippen LogP contribution in [0.5, 0.6) is 5.75 Å². The molecule has 0 spiro atoms. The van der Waals surface area contributed by atoms with Crippen LogP contribution in [0, 0.1) is 0 Å². The first kappa shape index (κ1) is 12.2. The molecule has 7 heteroatoms. The lowest BCUT2D eigenvalue weighted by molar-refractivity contribution is 0.0687. The highest BCUT2D eigenvalue weighted by atomic mass is 35.5. The van der Waals surface area contributed by atoms with Gasteiger partial charge in [0.25, 0.3) is 0 Å². The molecule has 0 bridgehead atoms. The third kappa shape index (κ3) is 1.99. The number of aromatic nitrogens is 1. The number of rotatable bonds is 1. The molecule has 0 unspecified atom stereocenters. The molecule has 0 aliphatic rings. The maximum absolute atomic E-state index is 10.8. The first-order chi connectivity index (χ1) is 7.91. The molecular weight excluding hydrogens is 288 g/mol. The summed E-state index contributed by atoms with van der Waals surface area (Å²) in [6, 6.07) is 2.76. The van der Waals surface area contributed by atoms with Gasteiger partial charge in [0.1, 0.15) is 5.15 Å². The number of aromatic hydroxyl groups is 1. The Morgan fingerprint density at radius 3 is 2.18 bits per heavy atom. The monoisotopic (exact) mass is 291 g/mol. The van der Waals surface area contributed by atoms with Gasteiger partial charge in [-0.3, -0.25) is 0 Å². The minimum absolute atomic E-state index is 0.0613. The number of carboxylic acid groups (broad SMARTS) is 1. The Balaban J connectivity index is 2.94. The van der Waals surface area contributed by atoms with E-state index in [9.17, 15) is 9.90 Å². The van der Waals surface area contributed by atoms with E-state index in [1.165, 1.54) is 12.1 Å². The number of fused-ring (bicyclic) bond motifs is 1. The number of hydrogen-bond acceptors (Lipinski definition) is 3. The van der Waals surface area contributed by atoms with Crippen molar-refractivity contribution in [3.8, 4) is 5.75 Å². The van der Waals surface area contributed by atoms with Crippen molar-refractivity contribution in [2.24, 2.45) is 0 Å². The Morgan fingerprint density at radius 1 is 1.12 bits per heavy atom. The van der Waals surface area contributed by atoms with Gasteiger partial charge in [-0.15, -0.1) is 0 Å². The van der Waals surface area contributed by atoms with Crippen LogP contribution in [-0.2, 0) is 0 Å². The van der Waals surface area contributed by atoms with Gasteiger partial charge in [-0.25, -0.2) is 9.78 Å². The Kier molecular flexibility index (Phi) is 3.03. The largest absolute Gasteiger partial charge is 0.505 e. The molecule has 0 aliphatic heterocycles. The van der Waals surface area contributed by atoms with Crippen LogP contribution in [0.25, 0.3) is 10.8 Å². The van der Waals surface area contributed by atoms with Crippen molar-refractivity contribution in [1.82, 2.24) is 4.98 Å². The van der Waals surface area contributed by atoms with E-state index < -0.39 is 17.4 Å². The molecule has 0 aliphatic carbocycles. The normalized spacial score (nSPS) is 10.8. The van der Waals surface area contributed by atoms with Crippen LogP contribution in [0.4, 0.5) is 0 Å². The maximum atomic E-state index is 10.8. The van der Waals surface area contributed by atoms with Gasteiger partial charge in [-0.1, -0.05) is 34.8 Å². The summed E-state index contributed by atoms with van der Waals surface area (Å²) in [6.07, 6.45) is 0. The molecule has 2 aromatic rings. The second-order valence-electron chi connectivity index (χ2n) is 3.22. The van der Waals surface area contributed by atoms with E-state index >= 15 is 0 Å². The summed E-state index contributed by atoms with van der Waals surface area (Å²) in [5, 5.41) is 19.5. The fourth-order valence-corrected chi connectivity index (χ4v) is 1.97. The summed E-state index contributed by atoms with van der Waals surface area (Å²) in [5.74, 6) is -1.87. The Hall–Kier alpha value is -1.23. The number of benzene rings is 1. The standard InChI is InChI=1S/C10H4Cl3NO3/c11-5-1-3-4(2-6(5)12)9(13)14-7(8(3)15)10(16)17/h1-2,15H,(H,16,17). The van der Waals surface area contributed by atoms with Gasteiger partial charge in [-0.2, -0.15) is 0 Å². The summed E-state index contributed by atoms with van der Waals surface area (Å²) in [6.45, 7) is 0. The van der Waals surface area contributed by atoms with Crippen LogP contribution in [0.3, 0.4) is 0 Å². The number of aromatic carboxylic acids is 1. The highest BCUT2D eigenvalue weighted by molar-refractivity contribution is 6.43. The van der Waals surface area contributed by atoms with Crippen molar-refractivity contribution in [3.63, 3.8) is 0 Å². The van der Waals surface area contributed by atoms with Crippen LogP contribution in [0.2, 0.25) is 15.2 Å². The molecule has 0 atom stereocenters. The van der Waals surface area contributed by atoms with E-state index in [2.05, 4.69) is 4.98 Å². The lowest BCUT2D eigenvalue weighted by atomic mass is 10.1. The SMILES string of the molecule is O=C(O)c1nc(Cl)c2cc(Cl)c(Cl)cc2c1O. The van der Waals surface area contributed by atoms with Crippen molar-refractivity contribution in [1.29, 1.82) is 0 Å². The molecule has 0 radical (unpaired) electrons. The third-order valence-electron chi connectivity index (χ3n) is 2.17. The number of hydrogen-bond donors (Lipinski definition) is 2. The first-order valence-corrected chi connectivity index (χ1v) is 5.45. The van der Waals surface area contributed by atoms with Gasteiger partial charge in [0.05, 0.1) is 10.0 Å². The Labute approximate surface area is 110 Å². The summed E-state index contributed by atoms with van der Waals surface area (Å²) in [5.41, 5.74) is -0.527. The summed E-state index contributed by atoms with van der Waals surface area (Å²) in [4.78, 5) is 14.4. The molecule has 88 valence electrons. The topological polar surface area (TPSA) is 70.4 Å². The minimum Gasteiger partial charge on any atom is -0.505 e. The lowest BCUT2D eigenvalue weighted by Gasteiger charge is -2.07. The van der Waals surface area contributed by atoms with Crippen molar-refractivity contribution < 1.29 is 15.0 Å². The first-order valence-electron chi connectivity index (χ1n) is 4.32. The van der Waals surface area contributed by atoms with E-state index in [1.54, 1.807) is 0 Å². The van der Waals surface area contributed by atoms with E-state index in [1.807, 2.05) is 0 Å². The fraction of sp³-hybridized carbons (Fsp3) is 0. The Morgan fingerprint density at radius 2 is 1.65 bits per heavy atom. The zero-order chi connectivity index (χ0) is 12.7. The molecule has 4 nitrogen and oxygen atoms in total. The molecule has 2 rings (SSSR count). The molecule has 2 N–H and O–H groups in total. The summed E-state index contributed by atoms with van der Waals surface area (Å²) < 4.78 is 0. The predicted octanol–water partition coefficient (Wildman–Crippen LogP) is 3.60. The lowest BCUT2D eigenvalue weighted by Crippen LogP contribution is -2.01. The van der Waals surface area contributed by atoms with Crippen molar-refractivity contribution in [3.05, 3.63) is 33.0 Å². The smallest absolute Gasteiger partial charge is 0.358 e. The molecule has 17 heavy (non-hydrogen) atoms. The number of pyridine rings is 1. The molecule has 0 amide bonds. The second-order valence-corrected chi connectivity index (χ2v) is 4.39. The number of halogens is 3. The second kappa shape index (κ2) is 4.22. The third-order valence-corrected chi connectivity index (χ3v) is 3.18. The zero-order valence-corrected chi connectivity index (χ0v) is 10.3. The molecule has 1 aromatic carbocycles. The highest BCUT2D eigenvalue weighted by Gasteiger charge is 2.18. The fourth-order valence-electron chi connectivity index (χ4n) is 1.40. The summed E-state index contributed by atoms with van der Waals surface area (Å²) in [7, 11) is 0. The molecule has 1 heterocycles. The molecule has 0 saturated carbocycles. The predicted molar refractivity (Wildman–Crippen MR) is 65.4 cm³/mol. The highest BCUT2D eigenvalue weighted by Crippen LogP contribution is 2.37. The van der Waals surface area contributed by atoms with E-state index in [0.29, 0.717) is 5.39 Å². The molecular formula is C10H4Cl3NO3. The van der Waals surface area contributed by atoms with Crippen molar-refractivity contribution in [2.75, 3.05) is 0 Å². The molecule has 1 aromatic heterocycles. The van der Waals surface area contributed by atoms with Crippen LogP contribution in [-0.4, -0.2) is 21.2 Å². The van der Waals surface area contributed by atoms with Gasteiger partial charge >= 0.3 is 5.97 Å². The van der Waals surface area contributed by atoms with E-state index in [-0.39, 0.29) is 20.6 Å². The van der Waals surface area contributed by atoms with Gasteiger partial charge < -0.3 is 10.2 Å². The van der Waals surface area contributed by atoms with Crippen LogP contribution < -0.4 is 0 Å². The van der Waals surface area contributed by atoms with Crippen LogP contribution in [0.15, 0.2) is 12.1 Å². The number of nitrogens with zero attached hydrogens (tertiary/aromatic N) is 1. The summed E-state index contributed by atoms with van der Waals surface area (Å²) >= 11 is 17.4. The maximum Gasteiger partial charge on any atom is 0.358 e. The van der Waals surface area contributed by atoms with Gasteiger partial charge in [0.2, 0.25) is 0 Å². The van der Waals surface area contributed by atoms with Gasteiger partial charge in [-0.05, 0) is 12.1 Å².